The summed E-state index contributed by atoms with van der Waals surface area (Å²) in [5.41, 5.74) is 3.50. The third kappa shape index (κ3) is 4.17. The standard InChI is InChI=1S/C24H31P/c1-4-11-19(12-5-1)22-17-10-18-23(25-21-15-8-3-9-16-21)24(22)20-13-6-2-7-14-20/h3,8-10,15-20,25H,1-2,4-7,11-14H2. The van der Waals surface area contributed by atoms with E-state index in [2.05, 4.69) is 48.5 Å². The fourth-order valence-electron chi connectivity index (χ4n) is 4.99. The van der Waals surface area contributed by atoms with Crippen molar-refractivity contribution in [3.8, 4) is 0 Å². The van der Waals surface area contributed by atoms with Gasteiger partial charge in [0.15, 0.2) is 0 Å². The van der Waals surface area contributed by atoms with Crippen LogP contribution in [0.3, 0.4) is 0 Å². The summed E-state index contributed by atoms with van der Waals surface area (Å²) in [7, 11) is 0.811. The minimum absolute atomic E-state index is 0.811. The van der Waals surface area contributed by atoms with Gasteiger partial charge < -0.3 is 0 Å². The van der Waals surface area contributed by atoms with E-state index in [-0.39, 0.29) is 0 Å². The van der Waals surface area contributed by atoms with E-state index in [1.807, 2.05) is 0 Å². The maximum Gasteiger partial charge on any atom is -0.0153 e. The Morgan fingerprint density at radius 3 is 1.92 bits per heavy atom. The molecule has 2 aromatic carbocycles. The molecule has 2 aliphatic rings. The van der Waals surface area contributed by atoms with Gasteiger partial charge in [0.05, 0.1) is 0 Å². The Balaban J connectivity index is 1.71. The zero-order valence-electron chi connectivity index (χ0n) is 15.3. The van der Waals surface area contributed by atoms with E-state index in [0.29, 0.717) is 0 Å². The topological polar surface area (TPSA) is 0 Å². The van der Waals surface area contributed by atoms with Gasteiger partial charge in [0, 0.05) is 0 Å². The van der Waals surface area contributed by atoms with Gasteiger partial charge >= 0.3 is 0 Å². The van der Waals surface area contributed by atoms with Crippen LogP contribution in [-0.2, 0) is 0 Å². The average molecular weight is 350 g/mol. The van der Waals surface area contributed by atoms with Crippen molar-refractivity contribution in [3.63, 3.8) is 0 Å². The van der Waals surface area contributed by atoms with Crippen LogP contribution in [0.1, 0.15) is 87.2 Å². The molecule has 0 heterocycles. The first-order chi connectivity index (χ1) is 12.4. The van der Waals surface area contributed by atoms with Crippen molar-refractivity contribution in [1.82, 2.24) is 0 Å². The van der Waals surface area contributed by atoms with E-state index in [1.165, 1.54) is 69.5 Å². The van der Waals surface area contributed by atoms with Crippen molar-refractivity contribution in [2.75, 3.05) is 0 Å². The van der Waals surface area contributed by atoms with Gasteiger partial charge in [-0.2, -0.15) is 0 Å². The fraction of sp³-hybridized carbons (Fsp3) is 0.500. The minimum Gasteiger partial charge on any atom is -0.0622 e. The van der Waals surface area contributed by atoms with Gasteiger partial charge in [-0.05, 0) is 59.3 Å². The smallest absolute Gasteiger partial charge is 0.0153 e. The van der Waals surface area contributed by atoms with E-state index in [9.17, 15) is 0 Å². The van der Waals surface area contributed by atoms with Crippen molar-refractivity contribution in [2.45, 2.75) is 76.0 Å². The van der Waals surface area contributed by atoms with Crippen LogP contribution >= 0.6 is 8.58 Å². The second kappa shape index (κ2) is 8.50. The largest absolute Gasteiger partial charge is 0.0622 e. The molecule has 1 heteroatoms. The van der Waals surface area contributed by atoms with Crippen LogP contribution in [0.25, 0.3) is 0 Å². The third-order valence-electron chi connectivity index (χ3n) is 6.25. The molecule has 0 bridgehead atoms. The molecule has 0 radical (unpaired) electrons. The molecule has 25 heavy (non-hydrogen) atoms. The van der Waals surface area contributed by atoms with Gasteiger partial charge in [0.1, 0.15) is 0 Å². The molecule has 2 fully saturated rings. The SMILES string of the molecule is c1ccc(Pc2cccc(C3CCCCC3)c2C2CCCCC2)cc1. The molecule has 0 aromatic heterocycles. The lowest BCUT2D eigenvalue weighted by Gasteiger charge is -2.31. The normalized spacial score (nSPS) is 20.3. The van der Waals surface area contributed by atoms with Crippen LogP contribution in [0.2, 0.25) is 0 Å². The summed E-state index contributed by atoms with van der Waals surface area (Å²) in [5.74, 6) is 1.64. The molecule has 0 amide bonds. The summed E-state index contributed by atoms with van der Waals surface area (Å²) in [6, 6.07) is 18.4. The quantitative estimate of drug-likeness (QED) is 0.559. The maximum absolute atomic E-state index is 2.49. The molecular formula is C24H31P. The first-order valence-electron chi connectivity index (χ1n) is 10.4. The monoisotopic (exact) mass is 350 g/mol. The Bertz CT molecular complexity index is 664. The molecule has 0 nitrogen and oxygen atoms in total. The Hall–Kier alpha value is -1.13. The molecule has 0 spiro atoms. The summed E-state index contributed by atoms with van der Waals surface area (Å²) < 4.78 is 0. The number of rotatable bonds is 4. The number of benzene rings is 2. The lowest BCUT2D eigenvalue weighted by Crippen LogP contribution is -2.20. The zero-order valence-corrected chi connectivity index (χ0v) is 16.3. The lowest BCUT2D eigenvalue weighted by atomic mass is 9.76. The Kier molecular flexibility index (Phi) is 5.88. The van der Waals surface area contributed by atoms with Crippen LogP contribution in [-0.4, -0.2) is 0 Å². The van der Waals surface area contributed by atoms with Crippen molar-refractivity contribution in [3.05, 3.63) is 59.7 Å². The molecule has 4 rings (SSSR count). The van der Waals surface area contributed by atoms with E-state index < -0.39 is 0 Å². The second-order valence-corrected chi connectivity index (χ2v) is 9.34. The van der Waals surface area contributed by atoms with Gasteiger partial charge in [-0.1, -0.05) is 95.6 Å². The molecule has 1 unspecified atom stereocenters. The summed E-state index contributed by atoms with van der Waals surface area (Å²) in [6.07, 6.45) is 14.3. The first-order valence-corrected chi connectivity index (χ1v) is 11.4. The van der Waals surface area contributed by atoms with Crippen LogP contribution in [0.15, 0.2) is 48.5 Å². The molecule has 1 atom stereocenters. The zero-order chi connectivity index (χ0) is 16.9. The molecule has 132 valence electrons. The van der Waals surface area contributed by atoms with E-state index >= 15 is 0 Å². The molecule has 2 aromatic rings. The maximum atomic E-state index is 2.49. The van der Waals surface area contributed by atoms with Gasteiger partial charge in [-0.3, -0.25) is 0 Å². The van der Waals surface area contributed by atoms with E-state index in [1.54, 1.807) is 16.4 Å². The summed E-state index contributed by atoms with van der Waals surface area (Å²) in [6.45, 7) is 0. The highest BCUT2D eigenvalue weighted by Crippen LogP contribution is 2.41. The fourth-order valence-corrected chi connectivity index (χ4v) is 6.32. The Morgan fingerprint density at radius 2 is 1.24 bits per heavy atom. The van der Waals surface area contributed by atoms with Crippen molar-refractivity contribution in [2.24, 2.45) is 0 Å². The van der Waals surface area contributed by atoms with E-state index in [0.717, 1.165) is 20.4 Å². The van der Waals surface area contributed by atoms with Crippen molar-refractivity contribution < 1.29 is 0 Å². The summed E-state index contributed by atoms with van der Waals surface area (Å²) >= 11 is 0. The molecule has 2 saturated carbocycles. The van der Waals surface area contributed by atoms with Gasteiger partial charge in [-0.25, -0.2) is 0 Å². The van der Waals surface area contributed by atoms with Crippen LogP contribution in [0, 0.1) is 0 Å². The Labute approximate surface area is 155 Å². The predicted molar refractivity (Wildman–Crippen MR) is 112 cm³/mol. The highest BCUT2D eigenvalue weighted by Gasteiger charge is 2.26. The van der Waals surface area contributed by atoms with Crippen LogP contribution < -0.4 is 10.6 Å². The van der Waals surface area contributed by atoms with E-state index in [4.69, 9.17) is 0 Å². The summed E-state index contributed by atoms with van der Waals surface area (Å²) in [4.78, 5) is 0. The van der Waals surface area contributed by atoms with Crippen LogP contribution in [0.4, 0.5) is 0 Å². The predicted octanol–water partition coefficient (Wildman–Crippen LogP) is 6.41. The lowest BCUT2D eigenvalue weighted by molar-refractivity contribution is 0.420. The molecule has 2 aliphatic carbocycles. The van der Waals surface area contributed by atoms with Gasteiger partial charge in [0.2, 0.25) is 0 Å². The minimum atomic E-state index is 0.811. The Morgan fingerprint density at radius 1 is 0.600 bits per heavy atom. The number of hydrogen-bond donors (Lipinski definition) is 0. The number of hydrogen-bond acceptors (Lipinski definition) is 0. The molecular weight excluding hydrogens is 319 g/mol. The highest BCUT2D eigenvalue weighted by atomic mass is 31.1. The van der Waals surface area contributed by atoms with Gasteiger partial charge in [-0.15, -0.1) is 0 Å². The molecule has 0 saturated heterocycles. The van der Waals surface area contributed by atoms with Crippen LogP contribution in [0.5, 0.6) is 0 Å². The van der Waals surface area contributed by atoms with Crippen molar-refractivity contribution in [1.29, 1.82) is 0 Å². The van der Waals surface area contributed by atoms with Crippen molar-refractivity contribution >= 4 is 19.2 Å². The highest BCUT2D eigenvalue weighted by molar-refractivity contribution is 7.55. The molecule has 0 aliphatic heterocycles. The first kappa shape index (κ1) is 17.3. The van der Waals surface area contributed by atoms with Gasteiger partial charge in [0.25, 0.3) is 0 Å². The summed E-state index contributed by atoms with van der Waals surface area (Å²) in [5, 5.41) is 3.13. The third-order valence-corrected chi connectivity index (χ3v) is 7.58. The second-order valence-electron chi connectivity index (χ2n) is 7.97. The molecule has 0 N–H and O–H groups in total. The average Bonchev–Trinajstić information content (AvgIpc) is 2.70.